The fourth-order valence-electron chi connectivity index (χ4n) is 12.1. The number of piperazine rings is 1. The van der Waals surface area contributed by atoms with Crippen molar-refractivity contribution in [2.45, 2.75) is 114 Å². The normalized spacial score (nSPS) is 22.0. The largest absolute Gasteiger partial charge is 0.758 e. The standard InChI is InChI=1S/C58H69F2N8O7S/c1-37(2)44-8-6-7-9-45(44)51-36-66(35-39-10-12-40(59)13-11-39)26-27-68(51)42-31-58(32-42)22-24-67(25-23-58)41-14-15-46(52(28-41)75-53-30-47-48(60)16-17-49(47)63-56(53)74-5)55(69)64-76(72,73)43-29-50(65(4)71)54(62-34-43)61-33-38-18-20-57(3,70)21-19-38/h6-16,28-30,34,37-38,42,51,70H,17-27,31-33,35-36H2,1-5H3,(H,61,62)(H,64,69)/q-1. The van der Waals surface area contributed by atoms with E-state index in [4.69, 9.17) is 9.47 Å². The summed E-state index contributed by atoms with van der Waals surface area (Å²) in [6, 6.07) is 24.0. The van der Waals surface area contributed by atoms with Crippen LogP contribution in [0.2, 0.25) is 0 Å². The van der Waals surface area contributed by atoms with Crippen LogP contribution in [-0.2, 0) is 23.0 Å². The summed E-state index contributed by atoms with van der Waals surface area (Å²) in [5.41, 5.74) is 4.64. The zero-order chi connectivity index (χ0) is 53.5. The molecule has 1 atom stereocenters. The van der Waals surface area contributed by atoms with Crippen LogP contribution >= 0.6 is 0 Å². The number of benzene rings is 3. The number of amides is 1. The van der Waals surface area contributed by atoms with Gasteiger partial charge in [-0.05, 0) is 142 Å². The van der Waals surface area contributed by atoms with Crippen LogP contribution in [0, 0.1) is 22.4 Å². The van der Waals surface area contributed by atoms with Gasteiger partial charge in [-0.25, -0.2) is 31.9 Å². The van der Waals surface area contributed by atoms with Crippen molar-refractivity contribution in [1.82, 2.24) is 24.5 Å². The second-order valence-corrected chi connectivity index (χ2v) is 24.0. The van der Waals surface area contributed by atoms with Gasteiger partial charge in [0.15, 0.2) is 5.75 Å². The maximum Gasteiger partial charge on any atom is 0.268 e. The summed E-state index contributed by atoms with van der Waals surface area (Å²) in [4.78, 5) is 30.2. The number of carbonyl (C=O) groups is 1. The van der Waals surface area contributed by atoms with Gasteiger partial charge < -0.3 is 35.1 Å². The number of sulfonamides is 1. The van der Waals surface area contributed by atoms with Crippen molar-refractivity contribution in [3.05, 3.63) is 136 Å². The zero-order valence-electron chi connectivity index (χ0n) is 44.0. The second-order valence-electron chi connectivity index (χ2n) is 22.3. The van der Waals surface area contributed by atoms with Gasteiger partial charge in [0.1, 0.15) is 28.1 Å². The minimum Gasteiger partial charge on any atom is -0.758 e. The Labute approximate surface area is 444 Å². The number of pyridine rings is 2. The number of halogens is 2. The molecule has 15 nitrogen and oxygen atoms in total. The molecule has 0 radical (unpaired) electrons. The van der Waals surface area contributed by atoms with Crippen molar-refractivity contribution in [1.29, 1.82) is 0 Å². The van der Waals surface area contributed by atoms with Crippen molar-refractivity contribution in [2.24, 2.45) is 11.3 Å². The number of fused-ring (bicyclic) bond motifs is 1. The molecule has 5 aromatic rings. The molecule has 3 aliphatic carbocycles. The van der Waals surface area contributed by atoms with Gasteiger partial charge in [0, 0.05) is 87.8 Å². The Hall–Kier alpha value is -6.18. The molecular weight excluding hydrogens is 991 g/mol. The Morgan fingerprint density at radius 2 is 1.70 bits per heavy atom. The monoisotopic (exact) mass is 1060 g/mol. The SMILES string of the molecule is COc1nc2c(cc1Oc1cc(N3CCC4(CC3)CC(N3CCN(Cc5ccc(F)cc5)CC3c3ccccc3C(C)C)C4)ccc1C(=O)NS(=O)(=O)c1cnc(NCC3CCC(C)(O)CC3)c(N(C)[O-])c1)C(F)=CC2. The van der Waals surface area contributed by atoms with E-state index in [1.54, 1.807) is 12.1 Å². The molecule has 3 aromatic carbocycles. The molecule has 1 unspecified atom stereocenters. The molecule has 10 rings (SSSR count). The lowest BCUT2D eigenvalue weighted by molar-refractivity contribution is -0.0628. The van der Waals surface area contributed by atoms with E-state index in [0.29, 0.717) is 42.1 Å². The topological polar surface area (TPSA) is 176 Å². The van der Waals surface area contributed by atoms with Gasteiger partial charge >= 0.3 is 0 Å². The molecule has 4 fully saturated rings. The summed E-state index contributed by atoms with van der Waals surface area (Å²) in [5, 5.41) is 26.9. The highest BCUT2D eigenvalue weighted by atomic mass is 32.2. The minimum atomic E-state index is -4.60. The summed E-state index contributed by atoms with van der Waals surface area (Å²) in [6.45, 7) is 11.8. The van der Waals surface area contributed by atoms with Crippen LogP contribution in [0.5, 0.6) is 17.4 Å². The summed E-state index contributed by atoms with van der Waals surface area (Å²) in [6.07, 6.45) is 9.75. The van der Waals surface area contributed by atoms with Crippen molar-refractivity contribution in [2.75, 3.05) is 68.7 Å². The smallest absolute Gasteiger partial charge is 0.268 e. The maximum atomic E-state index is 15.0. The van der Waals surface area contributed by atoms with Crippen molar-refractivity contribution in [3.63, 3.8) is 0 Å². The average molecular weight is 1060 g/mol. The first-order chi connectivity index (χ1) is 36.4. The number of anilines is 3. The van der Waals surface area contributed by atoms with E-state index in [1.807, 2.05) is 19.1 Å². The number of nitrogens with one attached hydrogen (secondary N) is 2. The van der Waals surface area contributed by atoms with Gasteiger partial charge in [-0.15, -0.1) is 0 Å². The molecule has 404 valence electrons. The fourth-order valence-corrected chi connectivity index (χ4v) is 13.1. The van der Waals surface area contributed by atoms with Crippen LogP contribution in [-0.4, -0.2) is 104 Å². The summed E-state index contributed by atoms with van der Waals surface area (Å²) < 4.78 is 70.9. The molecule has 5 aliphatic rings. The molecule has 3 N–H and O–H groups in total. The Morgan fingerprint density at radius 1 is 0.961 bits per heavy atom. The lowest BCUT2D eigenvalue weighted by Gasteiger charge is -2.58. The van der Waals surface area contributed by atoms with Crippen molar-refractivity contribution >= 4 is 38.9 Å². The number of nitrogens with zero attached hydrogens (tertiary/aromatic N) is 6. The number of piperidine rings is 1. The molecule has 2 aromatic heterocycles. The number of hydrogen-bond donors (Lipinski definition) is 3. The number of aliphatic hydroxyl groups is 1. The first-order valence-electron chi connectivity index (χ1n) is 26.6. The van der Waals surface area contributed by atoms with E-state index in [0.717, 1.165) is 95.2 Å². The number of aromatic nitrogens is 2. The van der Waals surface area contributed by atoms with Gasteiger partial charge in [-0.3, -0.25) is 14.6 Å². The molecule has 1 spiro atoms. The van der Waals surface area contributed by atoms with Crippen LogP contribution in [0.15, 0.2) is 96.0 Å². The number of hydrogen-bond acceptors (Lipinski definition) is 14. The molecule has 2 saturated carbocycles. The number of hydroxylamine groups is 1. The van der Waals surface area contributed by atoms with Gasteiger partial charge in [-0.1, -0.05) is 50.2 Å². The molecule has 0 bridgehead atoms. The van der Waals surface area contributed by atoms with Crippen LogP contribution in [0.3, 0.4) is 0 Å². The lowest BCUT2D eigenvalue weighted by Crippen LogP contribution is -2.60. The Kier molecular flexibility index (Phi) is 15.2. The Morgan fingerprint density at radius 3 is 2.41 bits per heavy atom. The predicted molar refractivity (Wildman–Crippen MR) is 290 cm³/mol. The fraction of sp³-hybridized carbons (Fsp3) is 0.466. The Bertz CT molecular complexity index is 3070. The third-order valence-electron chi connectivity index (χ3n) is 16.6. The summed E-state index contributed by atoms with van der Waals surface area (Å²) >= 11 is 0. The summed E-state index contributed by atoms with van der Waals surface area (Å²) in [5.74, 6) is -0.777. The highest BCUT2D eigenvalue weighted by molar-refractivity contribution is 7.90. The molecule has 4 heterocycles. The number of carbonyl (C=O) groups excluding carboxylic acids is 1. The number of rotatable bonds is 16. The third kappa shape index (κ3) is 11.4. The third-order valence-corrected chi connectivity index (χ3v) is 17.9. The molecule has 1 amide bonds. The van der Waals surface area contributed by atoms with Crippen LogP contribution in [0.25, 0.3) is 5.83 Å². The highest BCUT2D eigenvalue weighted by Gasteiger charge is 2.50. The number of ether oxygens (including phenoxy) is 2. The number of allylic oxidation sites excluding steroid dienone is 1. The van der Waals surface area contributed by atoms with Crippen molar-refractivity contribution in [3.8, 4) is 17.4 Å². The van der Waals surface area contributed by atoms with E-state index in [2.05, 4.69) is 72.8 Å². The van der Waals surface area contributed by atoms with Gasteiger partial charge in [0.05, 0.1) is 29.7 Å². The highest BCUT2D eigenvalue weighted by Crippen LogP contribution is 2.54. The van der Waals surface area contributed by atoms with Gasteiger partial charge in [0.2, 0.25) is 0 Å². The first kappa shape index (κ1) is 53.2. The number of methoxy groups -OCH3 is 1. The van der Waals surface area contributed by atoms with Crippen LogP contribution < -0.4 is 29.5 Å². The Balaban J connectivity index is 0.855. The van der Waals surface area contributed by atoms with E-state index in [1.165, 1.54) is 61.7 Å². The second kappa shape index (κ2) is 21.7. The minimum absolute atomic E-state index is 0.00444. The van der Waals surface area contributed by atoms with E-state index < -0.39 is 32.3 Å². The van der Waals surface area contributed by atoms with Crippen LogP contribution in [0.4, 0.5) is 26.0 Å². The molecule has 2 aliphatic heterocycles. The predicted octanol–water partition coefficient (Wildman–Crippen LogP) is 10.1. The zero-order valence-corrected chi connectivity index (χ0v) is 44.8. The molecular formula is C58H69F2N8O7S-. The molecule has 18 heteroatoms. The van der Waals surface area contributed by atoms with Crippen molar-refractivity contribution < 1.29 is 36.6 Å². The van der Waals surface area contributed by atoms with Gasteiger partial charge in [-0.2, -0.15) is 0 Å². The van der Waals surface area contributed by atoms with E-state index in [-0.39, 0.29) is 69.6 Å². The lowest BCUT2D eigenvalue weighted by atomic mass is 9.59. The van der Waals surface area contributed by atoms with Gasteiger partial charge in [0.25, 0.3) is 21.8 Å². The molecule has 76 heavy (non-hydrogen) atoms. The van der Waals surface area contributed by atoms with E-state index in [9.17, 15) is 32.3 Å². The maximum absolute atomic E-state index is 15.0. The molecule has 2 saturated heterocycles. The first-order valence-corrected chi connectivity index (χ1v) is 28.1. The van der Waals surface area contributed by atoms with Crippen LogP contribution in [0.1, 0.15) is 122 Å². The van der Waals surface area contributed by atoms with E-state index >= 15 is 0 Å². The average Bonchev–Trinajstić information content (AvgIpc) is 3.78. The quantitative estimate of drug-likeness (QED) is 0.0796. The summed E-state index contributed by atoms with van der Waals surface area (Å²) in [7, 11) is -1.95.